The number of ether oxygens (including phenoxy) is 1. The molecule has 0 aliphatic heterocycles. The first-order valence-corrected chi connectivity index (χ1v) is 9.28. The van der Waals surface area contributed by atoms with Crippen molar-refractivity contribution in [1.82, 2.24) is 4.90 Å². The van der Waals surface area contributed by atoms with Gasteiger partial charge in [0.15, 0.2) is 6.10 Å². The summed E-state index contributed by atoms with van der Waals surface area (Å²) in [6, 6.07) is 27.0. The van der Waals surface area contributed by atoms with Crippen LogP contribution in [0, 0.1) is 0 Å². The van der Waals surface area contributed by atoms with E-state index in [1.54, 1.807) is 31.2 Å². The molecule has 0 saturated heterocycles. The molecule has 3 rings (SSSR count). The summed E-state index contributed by atoms with van der Waals surface area (Å²) in [4.78, 5) is 14.9. The van der Waals surface area contributed by atoms with Crippen LogP contribution in [0.5, 0.6) is 5.75 Å². The van der Waals surface area contributed by atoms with Crippen LogP contribution in [-0.2, 0) is 17.9 Å². The lowest BCUT2D eigenvalue weighted by Crippen LogP contribution is -2.39. The molecule has 0 aliphatic rings. The highest BCUT2D eigenvalue weighted by Crippen LogP contribution is 2.20. The van der Waals surface area contributed by atoms with Gasteiger partial charge in [-0.25, -0.2) is 0 Å². The smallest absolute Gasteiger partial charge is 0.263 e. The number of amides is 1. The van der Waals surface area contributed by atoms with Crippen LogP contribution in [0.1, 0.15) is 18.1 Å². The van der Waals surface area contributed by atoms with E-state index in [4.69, 9.17) is 16.3 Å². The van der Waals surface area contributed by atoms with Crippen LogP contribution in [0.2, 0.25) is 5.02 Å². The van der Waals surface area contributed by atoms with E-state index in [0.29, 0.717) is 23.9 Å². The molecule has 0 aromatic heterocycles. The van der Waals surface area contributed by atoms with E-state index in [1.165, 1.54) is 0 Å². The number of hydrogen-bond acceptors (Lipinski definition) is 2. The van der Waals surface area contributed by atoms with Gasteiger partial charge in [0.2, 0.25) is 0 Å². The van der Waals surface area contributed by atoms with Crippen LogP contribution in [0.4, 0.5) is 0 Å². The number of hydrogen-bond donors (Lipinski definition) is 0. The molecular weight excluding hydrogens is 358 g/mol. The monoisotopic (exact) mass is 379 g/mol. The fourth-order valence-electron chi connectivity index (χ4n) is 2.87. The van der Waals surface area contributed by atoms with Crippen molar-refractivity contribution in [2.75, 3.05) is 0 Å². The Morgan fingerprint density at radius 1 is 0.889 bits per heavy atom. The van der Waals surface area contributed by atoms with Gasteiger partial charge in [0.25, 0.3) is 5.91 Å². The predicted octanol–water partition coefficient (Wildman–Crippen LogP) is 5.34. The number of carbonyl (C=O) groups is 1. The minimum Gasteiger partial charge on any atom is -0.481 e. The molecule has 138 valence electrons. The quantitative estimate of drug-likeness (QED) is 0.554. The third kappa shape index (κ3) is 5.60. The molecule has 0 unspecified atom stereocenters. The molecular formula is C23H22ClNO2. The zero-order valence-corrected chi connectivity index (χ0v) is 16.0. The average Bonchev–Trinajstić information content (AvgIpc) is 2.68. The Morgan fingerprint density at radius 3 is 1.96 bits per heavy atom. The first-order chi connectivity index (χ1) is 13.1. The van der Waals surface area contributed by atoms with Gasteiger partial charge in [0.05, 0.1) is 0 Å². The van der Waals surface area contributed by atoms with E-state index < -0.39 is 6.10 Å². The summed E-state index contributed by atoms with van der Waals surface area (Å²) in [6.07, 6.45) is -0.615. The lowest BCUT2D eigenvalue weighted by molar-refractivity contribution is -0.139. The Hall–Kier alpha value is -2.78. The highest BCUT2D eigenvalue weighted by molar-refractivity contribution is 6.30. The highest BCUT2D eigenvalue weighted by Gasteiger charge is 2.22. The SMILES string of the molecule is C[C@@H](Oc1cccc(Cl)c1)C(=O)N(Cc1ccccc1)Cc1ccccc1. The van der Waals surface area contributed by atoms with Gasteiger partial charge in [-0.2, -0.15) is 0 Å². The van der Waals surface area contributed by atoms with Gasteiger partial charge < -0.3 is 9.64 Å². The van der Waals surface area contributed by atoms with E-state index in [1.807, 2.05) is 65.6 Å². The van der Waals surface area contributed by atoms with Crippen molar-refractivity contribution in [1.29, 1.82) is 0 Å². The van der Waals surface area contributed by atoms with Gasteiger partial charge in [-0.3, -0.25) is 4.79 Å². The Kier molecular flexibility index (Phi) is 6.50. The largest absolute Gasteiger partial charge is 0.481 e. The van der Waals surface area contributed by atoms with Gasteiger partial charge in [-0.05, 0) is 36.2 Å². The standard InChI is InChI=1S/C23H22ClNO2/c1-18(27-22-14-8-13-21(24)15-22)23(26)25(16-19-9-4-2-5-10-19)17-20-11-6-3-7-12-20/h2-15,18H,16-17H2,1H3/t18-/m1/s1. The molecule has 0 heterocycles. The number of halogens is 1. The number of rotatable bonds is 7. The molecule has 0 aliphatic carbocycles. The van der Waals surface area contributed by atoms with E-state index in [2.05, 4.69) is 0 Å². The second-order valence-corrected chi connectivity index (χ2v) is 6.82. The van der Waals surface area contributed by atoms with Crippen molar-refractivity contribution in [3.8, 4) is 5.75 Å². The third-order valence-corrected chi connectivity index (χ3v) is 4.44. The molecule has 4 heteroatoms. The maximum Gasteiger partial charge on any atom is 0.263 e. The third-order valence-electron chi connectivity index (χ3n) is 4.20. The van der Waals surface area contributed by atoms with Crippen LogP contribution in [0.15, 0.2) is 84.9 Å². The lowest BCUT2D eigenvalue weighted by Gasteiger charge is -2.26. The molecule has 0 saturated carbocycles. The van der Waals surface area contributed by atoms with Crippen molar-refractivity contribution in [3.05, 3.63) is 101 Å². The Balaban J connectivity index is 1.76. The van der Waals surface area contributed by atoms with E-state index >= 15 is 0 Å². The molecule has 1 atom stereocenters. The second kappa shape index (κ2) is 9.24. The summed E-state index contributed by atoms with van der Waals surface area (Å²) in [5, 5.41) is 0.581. The van der Waals surface area contributed by atoms with Crippen LogP contribution < -0.4 is 4.74 Å². The van der Waals surface area contributed by atoms with E-state index in [9.17, 15) is 4.79 Å². The van der Waals surface area contributed by atoms with Gasteiger partial charge in [-0.15, -0.1) is 0 Å². The van der Waals surface area contributed by atoms with Crippen LogP contribution in [0.3, 0.4) is 0 Å². The molecule has 0 radical (unpaired) electrons. The van der Waals surface area contributed by atoms with Crippen molar-refractivity contribution < 1.29 is 9.53 Å². The lowest BCUT2D eigenvalue weighted by atomic mass is 10.1. The van der Waals surface area contributed by atoms with E-state index in [-0.39, 0.29) is 5.91 Å². The second-order valence-electron chi connectivity index (χ2n) is 6.38. The molecule has 0 bridgehead atoms. The Labute approximate surface area is 165 Å². The summed E-state index contributed by atoms with van der Waals surface area (Å²) in [6.45, 7) is 2.82. The Bertz CT molecular complexity index is 826. The summed E-state index contributed by atoms with van der Waals surface area (Å²) < 4.78 is 5.84. The molecule has 3 aromatic rings. The Morgan fingerprint density at radius 2 is 1.44 bits per heavy atom. The van der Waals surface area contributed by atoms with Crippen LogP contribution in [0.25, 0.3) is 0 Å². The topological polar surface area (TPSA) is 29.5 Å². The van der Waals surface area contributed by atoms with Crippen molar-refractivity contribution in [3.63, 3.8) is 0 Å². The fraction of sp³-hybridized carbons (Fsp3) is 0.174. The normalized spacial score (nSPS) is 11.6. The first-order valence-electron chi connectivity index (χ1n) is 8.90. The number of carbonyl (C=O) groups excluding carboxylic acids is 1. The van der Waals surface area contributed by atoms with Crippen molar-refractivity contribution in [2.45, 2.75) is 26.1 Å². The summed E-state index contributed by atoms with van der Waals surface area (Å²) >= 11 is 6.01. The summed E-state index contributed by atoms with van der Waals surface area (Å²) in [5.41, 5.74) is 2.16. The fourth-order valence-corrected chi connectivity index (χ4v) is 3.05. The van der Waals surface area contributed by atoms with E-state index in [0.717, 1.165) is 11.1 Å². The first kappa shape index (κ1) is 19.0. The van der Waals surface area contributed by atoms with Gasteiger partial charge in [0, 0.05) is 18.1 Å². The van der Waals surface area contributed by atoms with Crippen molar-refractivity contribution in [2.24, 2.45) is 0 Å². The number of nitrogens with zero attached hydrogens (tertiary/aromatic N) is 1. The highest BCUT2D eigenvalue weighted by atomic mass is 35.5. The van der Waals surface area contributed by atoms with Gasteiger partial charge >= 0.3 is 0 Å². The summed E-state index contributed by atoms with van der Waals surface area (Å²) in [7, 11) is 0. The van der Waals surface area contributed by atoms with Crippen LogP contribution >= 0.6 is 11.6 Å². The molecule has 27 heavy (non-hydrogen) atoms. The minimum atomic E-state index is -0.615. The van der Waals surface area contributed by atoms with Crippen LogP contribution in [-0.4, -0.2) is 16.9 Å². The predicted molar refractivity (Wildman–Crippen MR) is 109 cm³/mol. The summed E-state index contributed by atoms with van der Waals surface area (Å²) in [5.74, 6) is 0.519. The number of benzene rings is 3. The minimum absolute atomic E-state index is 0.0670. The zero-order chi connectivity index (χ0) is 19.1. The van der Waals surface area contributed by atoms with Gasteiger partial charge in [-0.1, -0.05) is 78.3 Å². The van der Waals surface area contributed by atoms with Gasteiger partial charge in [0.1, 0.15) is 5.75 Å². The molecule has 0 fully saturated rings. The molecule has 0 spiro atoms. The molecule has 3 aromatic carbocycles. The van der Waals surface area contributed by atoms with Crippen molar-refractivity contribution >= 4 is 17.5 Å². The molecule has 1 amide bonds. The maximum absolute atomic E-state index is 13.1. The maximum atomic E-state index is 13.1. The molecule has 0 N–H and O–H groups in total. The zero-order valence-electron chi connectivity index (χ0n) is 15.2. The molecule has 3 nitrogen and oxygen atoms in total. The average molecular weight is 380 g/mol.